The summed E-state index contributed by atoms with van der Waals surface area (Å²) in [4.78, 5) is 24.2. The predicted molar refractivity (Wildman–Crippen MR) is 92.5 cm³/mol. The van der Waals surface area contributed by atoms with E-state index in [2.05, 4.69) is 20.7 Å². The molecule has 0 saturated carbocycles. The Balaban J connectivity index is 1.76. The smallest absolute Gasteiger partial charge is 0.405 e. The van der Waals surface area contributed by atoms with Gasteiger partial charge in [-0.2, -0.15) is 0 Å². The van der Waals surface area contributed by atoms with Gasteiger partial charge in [0.15, 0.2) is 0 Å². The molecule has 0 unspecified atom stereocenters. The fourth-order valence-corrected chi connectivity index (χ4v) is 2.69. The molecule has 1 heterocycles. The summed E-state index contributed by atoms with van der Waals surface area (Å²) in [5.74, 6) is -1.03. The van der Waals surface area contributed by atoms with Crippen LogP contribution in [0.1, 0.15) is 22.3 Å². The van der Waals surface area contributed by atoms with Crippen molar-refractivity contribution in [3.05, 3.63) is 53.6 Å². The molecule has 0 aliphatic carbocycles. The molecule has 1 aliphatic rings. The van der Waals surface area contributed by atoms with E-state index in [1.165, 1.54) is 18.2 Å². The molecule has 3 N–H and O–H groups in total. The minimum Gasteiger partial charge on any atom is -0.405 e. The topological polar surface area (TPSA) is 79.5 Å². The number of para-hydroxylation sites is 2. The molecule has 0 spiro atoms. The second-order valence-electron chi connectivity index (χ2n) is 5.79. The van der Waals surface area contributed by atoms with E-state index in [1.54, 1.807) is 24.3 Å². The highest BCUT2D eigenvalue weighted by Gasteiger charge is 2.32. The van der Waals surface area contributed by atoms with Crippen LogP contribution in [0, 0.1) is 0 Å². The molecule has 0 aromatic heterocycles. The monoisotopic (exact) mass is 379 g/mol. The van der Waals surface area contributed by atoms with Crippen molar-refractivity contribution in [1.82, 2.24) is 5.32 Å². The van der Waals surface area contributed by atoms with Gasteiger partial charge in [0.25, 0.3) is 5.91 Å². The number of rotatable bonds is 4. The van der Waals surface area contributed by atoms with E-state index in [9.17, 15) is 22.8 Å². The molecule has 6 nitrogen and oxygen atoms in total. The SMILES string of the molecule is O=C1CCNc2c(cccc2C(=O)NCc2ccccc2OC(F)(F)F)N1. The van der Waals surface area contributed by atoms with Gasteiger partial charge in [-0.1, -0.05) is 24.3 Å². The van der Waals surface area contributed by atoms with E-state index in [0.717, 1.165) is 0 Å². The zero-order valence-electron chi connectivity index (χ0n) is 14.0. The normalized spacial score (nSPS) is 13.7. The molecule has 0 radical (unpaired) electrons. The van der Waals surface area contributed by atoms with Crippen molar-refractivity contribution in [1.29, 1.82) is 0 Å². The molecule has 0 bridgehead atoms. The number of anilines is 2. The fourth-order valence-electron chi connectivity index (χ4n) is 2.69. The summed E-state index contributed by atoms with van der Waals surface area (Å²) in [6, 6.07) is 10.4. The number of halogens is 3. The average molecular weight is 379 g/mol. The van der Waals surface area contributed by atoms with Crippen molar-refractivity contribution in [3.63, 3.8) is 0 Å². The summed E-state index contributed by atoms with van der Waals surface area (Å²) >= 11 is 0. The summed E-state index contributed by atoms with van der Waals surface area (Å²) < 4.78 is 41.5. The molecule has 3 rings (SSSR count). The van der Waals surface area contributed by atoms with Gasteiger partial charge < -0.3 is 20.7 Å². The molecule has 0 atom stereocenters. The van der Waals surface area contributed by atoms with Gasteiger partial charge in [0.05, 0.1) is 16.9 Å². The number of alkyl halides is 3. The Hall–Kier alpha value is -3.23. The zero-order chi connectivity index (χ0) is 19.4. The van der Waals surface area contributed by atoms with Crippen molar-refractivity contribution < 1.29 is 27.5 Å². The third-order valence-corrected chi connectivity index (χ3v) is 3.87. The Morgan fingerprint density at radius 2 is 1.93 bits per heavy atom. The molecular weight excluding hydrogens is 363 g/mol. The van der Waals surface area contributed by atoms with Gasteiger partial charge in [0.1, 0.15) is 5.75 Å². The van der Waals surface area contributed by atoms with E-state index in [1.807, 2.05) is 0 Å². The second kappa shape index (κ2) is 7.56. The van der Waals surface area contributed by atoms with Crippen molar-refractivity contribution in [3.8, 4) is 5.75 Å². The van der Waals surface area contributed by atoms with Crippen LogP contribution < -0.4 is 20.7 Å². The number of hydrogen-bond donors (Lipinski definition) is 3. The molecule has 27 heavy (non-hydrogen) atoms. The molecule has 2 aromatic carbocycles. The van der Waals surface area contributed by atoms with Gasteiger partial charge in [0.2, 0.25) is 5.91 Å². The predicted octanol–water partition coefficient (Wildman–Crippen LogP) is 3.27. The molecule has 1 aliphatic heterocycles. The van der Waals surface area contributed by atoms with Crippen LogP contribution in [0.4, 0.5) is 24.5 Å². The van der Waals surface area contributed by atoms with Crippen LogP contribution in [0.25, 0.3) is 0 Å². The van der Waals surface area contributed by atoms with Crippen molar-refractivity contribution in [2.45, 2.75) is 19.3 Å². The van der Waals surface area contributed by atoms with Gasteiger partial charge in [-0.15, -0.1) is 13.2 Å². The Morgan fingerprint density at radius 3 is 2.70 bits per heavy atom. The minimum atomic E-state index is -4.82. The molecule has 2 aromatic rings. The van der Waals surface area contributed by atoms with Crippen molar-refractivity contribution in [2.75, 3.05) is 17.2 Å². The number of fused-ring (bicyclic) bond motifs is 1. The van der Waals surface area contributed by atoms with Crippen molar-refractivity contribution >= 4 is 23.2 Å². The summed E-state index contributed by atoms with van der Waals surface area (Å²) in [6.45, 7) is 0.215. The zero-order valence-corrected chi connectivity index (χ0v) is 14.0. The minimum absolute atomic E-state index is 0.152. The molecule has 0 fully saturated rings. The fraction of sp³-hybridized carbons (Fsp3) is 0.222. The Morgan fingerprint density at radius 1 is 1.15 bits per heavy atom. The highest BCUT2D eigenvalue weighted by molar-refractivity contribution is 6.06. The van der Waals surface area contributed by atoms with E-state index >= 15 is 0 Å². The van der Waals surface area contributed by atoms with Gasteiger partial charge in [-0.25, -0.2) is 0 Å². The summed E-state index contributed by atoms with van der Waals surface area (Å²) in [5.41, 5.74) is 1.42. The number of ether oxygens (including phenoxy) is 1. The van der Waals surface area contributed by atoms with Gasteiger partial charge in [0, 0.05) is 25.1 Å². The van der Waals surface area contributed by atoms with Crippen LogP contribution >= 0.6 is 0 Å². The largest absolute Gasteiger partial charge is 0.573 e. The summed E-state index contributed by atoms with van der Waals surface area (Å²) in [6.07, 6.45) is -4.56. The number of carbonyl (C=O) groups excluding carboxylic acids is 2. The third kappa shape index (κ3) is 4.69. The van der Waals surface area contributed by atoms with Crippen LogP contribution in [0.2, 0.25) is 0 Å². The standard InChI is InChI=1S/C18H16F3N3O3/c19-18(20,21)27-14-7-2-1-4-11(14)10-23-17(26)12-5-3-6-13-16(12)22-9-8-15(25)24-13/h1-7,22H,8-10H2,(H,23,26)(H,24,25). The third-order valence-electron chi connectivity index (χ3n) is 3.87. The Labute approximate surface area is 152 Å². The lowest BCUT2D eigenvalue weighted by atomic mass is 10.1. The molecule has 9 heteroatoms. The average Bonchev–Trinajstić information content (AvgIpc) is 2.79. The first-order chi connectivity index (χ1) is 12.8. The van der Waals surface area contributed by atoms with E-state index in [-0.39, 0.29) is 35.7 Å². The highest BCUT2D eigenvalue weighted by Crippen LogP contribution is 2.29. The highest BCUT2D eigenvalue weighted by atomic mass is 19.4. The molecule has 0 saturated heterocycles. The van der Waals surface area contributed by atoms with Crippen LogP contribution in [0.15, 0.2) is 42.5 Å². The maximum atomic E-state index is 12.6. The molecular formula is C18H16F3N3O3. The number of benzene rings is 2. The lowest BCUT2D eigenvalue weighted by Crippen LogP contribution is -2.25. The maximum Gasteiger partial charge on any atom is 0.573 e. The number of hydrogen-bond acceptors (Lipinski definition) is 4. The number of carbonyl (C=O) groups is 2. The quantitative estimate of drug-likeness (QED) is 0.762. The summed E-state index contributed by atoms with van der Waals surface area (Å²) in [7, 11) is 0. The van der Waals surface area contributed by atoms with Gasteiger partial charge >= 0.3 is 6.36 Å². The van der Waals surface area contributed by atoms with Crippen LogP contribution in [-0.4, -0.2) is 24.7 Å². The van der Waals surface area contributed by atoms with Gasteiger partial charge in [-0.3, -0.25) is 9.59 Å². The molecule has 2 amide bonds. The Bertz CT molecular complexity index is 868. The van der Waals surface area contributed by atoms with E-state index in [4.69, 9.17) is 0 Å². The first-order valence-corrected chi connectivity index (χ1v) is 8.12. The second-order valence-corrected chi connectivity index (χ2v) is 5.79. The number of nitrogens with one attached hydrogen (secondary N) is 3. The van der Waals surface area contributed by atoms with E-state index < -0.39 is 12.3 Å². The Kier molecular flexibility index (Phi) is 5.20. The first-order valence-electron chi connectivity index (χ1n) is 8.12. The van der Waals surface area contributed by atoms with Crippen molar-refractivity contribution in [2.24, 2.45) is 0 Å². The van der Waals surface area contributed by atoms with Crippen LogP contribution in [0.3, 0.4) is 0 Å². The lowest BCUT2D eigenvalue weighted by molar-refractivity contribution is -0.274. The lowest BCUT2D eigenvalue weighted by Gasteiger charge is -2.15. The molecule has 142 valence electrons. The van der Waals surface area contributed by atoms with Crippen LogP contribution in [-0.2, 0) is 11.3 Å². The van der Waals surface area contributed by atoms with Gasteiger partial charge in [-0.05, 0) is 18.2 Å². The first kappa shape index (κ1) is 18.6. The van der Waals surface area contributed by atoms with Crippen LogP contribution in [0.5, 0.6) is 5.75 Å². The summed E-state index contributed by atoms with van der Waals surface area (Å²) in [5, 5.41) is 8.31. The maximum absolute atomic E-state index is 12.6. The van der Waals surface area contributed by atoms with E-state index in [0.29, 0.717) is 17.9 Å². The number of amides is 2.